The minimum Gasteiger partial charge on any atom is -0.465 e. The van der Waals surface area contributed by atoms with Crippen LogP contribution < -0.4 is 5.32 Å². The minimum absolute atomic E-state index is 0.00949. The third-order valence-electron chi connectivity index (χ3n) is 3.95. The molecule has 6 heteroatoms. The molecular formula is C16H19N3O3. The molecule has 1 aliphatic carbocycles. The van der Waals surface area contributed by atoms with E-state index in [4.69, 9.17) is 4.42 Å². The number of H-pyrrole nitrogens is 1. The molecule has 0 aromatic carbocycles. The molecule has 0 aliphatic heterocycles. The summed E-state index contributed by atoms with van der Waals surface area (Å²) >= 11 is 0. The van der Waals surface area contributed by atoms with Crippen molar-refractivity contribution in [1.29, 1.82) is 0 Å². The Morgan fingerprint density at radius 2 is 2.18 bits per heavy atom. The van der Waals surface area contributed by atoms with Crippen LogP contribution in [0.1, 0.15) is 69.6 Å². The van der Waals surface area contributed by atoms with Crippen LogP contribution in [0.2, 0.25) is 0 Å². The molecule has 0 fully saturated rings. The third-order valence-corrected chi connectivity index (χ3v) is 3.95. The molecule has 1 unspecified atom stereocenters. The van der Waals surface area contributed by atoms with Gasteiger partial charge in [0.1, 0.15) is 17.3 Å². The van der Waals surface area contributed by atoms with Crippen molar-refractivity contribution < 1.29 is 14.0 Å². The van der Waals surface area contributed by atoms with Crippen LogP contribution in [-0.4, -0.2) is 21.7 Å². The maximum atomic E-state index is 12.6. The number of ketones is 1. The second-order valence-corrected chi connectivity index (χ2v) is 5.75. The maximum absolute atomic E-state index is 12.6. The van der Waals surface area contributed by atoms with Gasteiger partial charge in [-0.3, -0.25) is 9.59 Å². The number of imidazole rings is 1. The van der Waals surface area contributed by atoms with Gasteiger partial charge in [0, 0.05) is 24.7 Å². The van der Waals surface area contributed by atoms with Crippen LogP contribution in [0.25, 0.3) is 0 Å². The molecule has 0 saturated heterocycles. The van der Waals surface area contributed by atoms with Crippen LogP contribution in [0.3, 0.4) is 0 Å². The molecule has 1 atom stereocenters. The molecule has 2 heterocycles. The highest BCUT2D eigenvalue weighted by Crippen LogP contribution is 2.29. The SMILES string of the molecule is Cc1cnc(C(C)NC(=O)c2c(C)oc3c2C(=O)CCC3)[nH]1. The topological polar surface area (TPSA) is 88.0 Å². The Morgan fingerprint density at radius 3 is 2.86 bits per heavy atom. The predicted molar refractivity (Wildman–Crippen MR) is 79.9 cm³/mol. The fourth-order valence-corrected chi connectivity index (χ4v) is 2.87. The zero-order valence-corrected chi connectivity index (χ0v) is 12.9. The molecule has 0 radical (unpaired) electrons. The van der Waals surface area contributed by atoms with Gasteiger partial charge in [-0.05, 0) is 27.2 Å². The number of amides is 1. The number of carbonyl (C=O) groups is 2. The highest BCUT2D eigenvalue weighted by Gasteiger charge is 2.31. The third kappa shape index (κ3) is 2.45. The Bertz CT molecular complexity index is 742. The molecule has 116 valence electrons. The Labute approximate surface area is 128 Å². The van der Waals surface area contributed by atoms with Crippen LogP contribution in [0.15, 0.2) is 10.6 Å². The molecule has 0 saturated carbocycles. The molecule has 2 aromatic rings. The first-order valence-electron chi connectivity index (χ1n) is 7.45. The van der Waals surface area contributed by atoms with Gasteiger partial charge in [-0.15, -0.1) is 0 Å². The largest absolute Gasteiger partial charge is 0.465 e. The molecule has 1 amide bonds. The molecule has 2 N–H and O–H groups in total. The molecule has 22 heavy (non-hydrogen) atoms. The second kappa shape index (κ2) is 5.44. The van der Waals surface area contributed by atoms with Crippen molar-refractivity contribution in [2.24, 2.45) is 0 Å². The average molecular weight is 301 g/mol. The number of nitrogens with zero attached hydrogens (tertiary/aromatic N) is 1. The van der Waals surface area contributed by atoms with E-state index in [1.165, 1.54) is 0 Å². The number of carbonyl (C=O) groups excluding carboxylic acids is 2. The normalized spacial score (nSPS) is 15.5. The summed E-state index contributed by atoms with van der Waals surface area (Å²) in [4.78, 5) is 32.0. The monoisotopic (exact) mass is 301 g/mol. The van der Waals surface area contributed by atoms with Crippen molar-refractivity contribution >= 4 is 11.7 Å². The quantitative estimate of drug-likeness (QED) is 0.912. The zero-order valence-electron chi connectivity index (χ0n) is 12.9. The standard InChI is InChI=1S/C16H19N3O3/c1-8-7-17-15(18-8)9(2)19-16(21)13-10(3)22-12-6-4-5-11(20)14(12)13/h7,9H,4-6H2,1-3H3,(H,17,18)(H,19,21). The molecule has 3 rings (SSSR count). The summed E-state index contributed by atoms with van der Waals surface area (Å²) in [6, 6.07) is -0.273. The first-order chi connectivity index (χ1) is 10.5. The van der Waals surface area contributed by atoms with Crippen molar-refractivity contribution in [3.8, 4) is 0 Å². The van der Waals surface area contributed by atoms with Gasteiger partial charge in [-0.1, -0.05) is 0 Å². The zero-order chi connectivity index (χ0) is 15.9. The Balaban J connectivity index is 1.87. The van der Waals surface area contributed by atoms with Gasteiger partial charge in [0.2, 0.25) is 0 Å². The highest BCUT2D eigenvalue weighted by molar-refractivity contribution is 6.10. The lowest BCUT2D eigenvalue weighted by Gasteiger charge is -2.13. The number of aromatic nitrogens is 2. The Hall–Kier alpha value is -2.37. The number of hydrogen-bond acceptors (Lipinski definition) is 4. The summed E-state index contributed by atoms with van der Waals surface area (Å²) in [7, 11) is 0. The number of aryl methyl sites for hydroxylation is 3. The molecule has 2 aromatic heterocycles. The van der Waals surface area contributed by atoms with Gasteiger partial charge < -0.3 is 14.7 Å². The summed E-state index contributed by atoms with van der Waals surface area (Å²) < 4.78 is 5.61. The van der Waals surface area contributed by atoms with E-state index in [9.17, 15) is 9.59 Å². The number of hydrogen-bond donors (Lipinski definition) is 2. The van der Waals surface area contributed by atoms with Crippen molar-refractivity contribution in [1.82, 2.24) is 15.3 Å². The van der Waals surface area contributed by atoms with Gasteiger partial charge in [0.25, 0.3) is 5.91 Å². The number of Topliss-reactive ketones (excluding diaryl/α,β-unsaturated/α-hetero) is 1. The van der Waals surface area contributed by atoms with Gasteiger partial charge in [-0.2, -0.15) is 0 Å². The van der Waals surface area contributed by atoms with Gasteiger partial charge in [0.05, 0.1) is 17.2 Å². The first kappa shape index (κ1) is 14.6. The van der Waals surface area contributed by atoms with E-state index in [1.54, 1.807) is 13.1 Å². The van der Waals surface area contributed by atoms with E-state index >= 15 is 0 Å². The smallest absolute Gasteiger partial charge is 0.256 e. The van der Waals surface area contributed by atoms with Crippen LogP contribution in [0, 0.1) is 13.8 Å². The van der Waals surface area contributed by atoms with Crippen LogP contribution >= 0.6 is 0 Å². The number of aromatic amines is 1. The molecular weight excluding hydrogens is 282 g/mol. The Morgan fingerprint density at radius 1 is 1.41 bits per heavy atom. The van der Waals surface area contributed by atoms with E-state index in [0.29, 0.717) is 41.3 Å². The lowest BCUT2D eigenvalue weighted by Crippen LogP contribution is -2.29. The van der Waals surface area contributed by atoms with E-state index in [2.05, 4.69) is 15.3 Å². The van der Waals surface area contributed by atoms with Crippen molar-refractivity contribution in [3.63, 3.8) is 0 Å². The van der Waals surface area contributed by atoms with E-state index in [0.717, 1.165) is 12.1 Å². The van der Waals surface area contributed by atoms with Crippen LogP contribution in [0.5, 0.6) is 0 Å². The molecule has 1 aliphatic rings. The lowest BCUT2D eigenvalue weighted by molar-refractivity contribution is 0.0917. The van der Waals surface area contributed by atoms with Crippen LogP contribution in [-0.2, 0) is 6.42 Å². The summed E-state index contributed by atoms with van der Waals surface area (Å²) in [5, 5.41) is 2.88. The summed E-state index contributed by atoms with van der Waals surface area (Å²) in [6.07, 6.45) is 3.68. The average Bonchev–Trinajstić information content (AvgIpc) is 3.02. The van der Waals surface area contributed by atoms with Crippen molar-refractivity contribution in [2.75, 3.05) is 0 Å². The maximum Gasteiger partial charge on any atom is 0.256 e. The number of rotatable bonds is 3. The Kier molecular flexibility index (Phi) is 3.60. The minimum atomic E-state index is -0.292. The molecule has 0 spiro atoms. The van der Waals surface area contributed by atoms with Gasteiger partial charge >= 0.3 is 0 Å². The number of fused-ring (bicyclic) bond motifs is 1. The number of furan rings is 1. The van der Waals surface area contributed by atoms with Gasteiger partial charge in [0.15, 0.2) is 5.78 Å². The summed E-state index contributed by atoms with van der Waals surface area (Å²) in [5.41, 5.74) is 1.77. The van der Waals surface area contributed by atoms with Crippen molar-refractivity contribution in [2.45, 2.75) is 46.1 Å². The first-order valence-corrected chi connectivity index (χ1v) is 7.45. The van der Waals surface area contributed by atoms with Crippen LogP contribution in [0.4, 0.5) is 0 Å². The highest BCUT2D eigenvalue weighted by atomic mass is 16.3. The van der Waals surface area contributed by atoms with Gasteiger partial charge in [-0.25, -0.2) is 4.98 Å². The summed E-state index contributed by atoms with van der Waals surface area (Å²) in [5.74, 6) is 1.53. The lowest BCUT2D eigenvalue weighted by atomic mass is 9.93. The van der Waals surface area contributed by atoms with E-state index < -0.39 is 0 Å². The fourth-order valence-electron chi connectivity index (χ4n) is 2.87. The molecule has 6 nitrogen and oxygen atoms in total. The van der Waals surface area contributed by atoms with E-state index in [1.807, 2.05) is 13.8 Å². The molecule has 0 bridgehead atoms. The summed E-state index contributed by atoms with van der Waals surface area (Å²) in [6.45, 7) is 5.47. The fraction of sp³-hybridized carbons (Fsp3) is 0.438. The number of nitrogens with one attached hydrogen (secondary N) is 2. The second-order valence-electron chi connectivity index (χ2n) is 5.75. The predicted octanol–water partition coefficient (Wildman–Crippen LogP) is 2.63. The van der Waals surface area contributed by atoms with Crippen molar-refractivity contribution in [3.05, 3.63) is 40.4 Å². The van der Waals surface area contributed by atoms with E-state index in [-0.39, 0.29) is 17.7 Å².